The van der Waals surface area contributed by atoms with Gasteiger partial charge in [-0.05, 0) is 18.9 Å². The minimum absolute atomic E-state index is 0.0962. The molecule has 1 saturated carbocycles. The number of hydrogen-bond donors (Lipinski definition) is 2. The molecule has 94 valence electrons. The zero-order valence-corrected chi connectivity index (χ0v) is 10.1. The zero-order valence-electron chi connectivity index (χ0n) is 10.1. The van der Waals surface area contributed by atoms with Crippen LogP contribution in [0.3, 0.4) is 0 Å². The van der Waals surface area contributed by atoms with E-state index in [9.17, 15) is 4.79 Å². The summed E-state index contributed by atoms with van der Waals surface area (Å²) in [7, 11) is 0. The van der Waals surface area contributed by atoms with E-state index in [1.165, 1.54) is 19.3 Å². The quantitative estimate of drug-likeness (QED) is 0.849. The number of fused-ring (bicyclic) bond motifs is 1. The van der Waals surface area contributed by atoms with E-state index in [0.717, 1.165) is 23.7 Å². The van der Waals surface area contributed by atoms with Gasteiger partial charge in [-0.15, -0.1) is 0 Å². The van der Waals surface area contributed by atoms with Crippen LogP contribution < -0.4 is 5.32 Å². The van der Waals surface area contributed by atoms with Gasteiger partial charge < -0.3 is 5.32 Å². The third-order valence-electron chi connectivity index (χ3n) is 3.52. The van der Waals surface area contributed by atoms with Crippen LogP contribution >= 0.6 is 0 Å². The number of pyridine rings is 1. The molecule has 1 fully saturated rings. The van der Waals surface area contributed by atoms with E-state index >= 15 is 0 Å². The molecule has 1 aliphatic rings. The molecule has 2 heterocycles. The van der Waals surface area contributed by atoms with Crippen LogP contribution in [-0.4, -0.2) is 27.1 Å². The van der Waals surface area contributed by atoms with Gasteiger partial charge in [0.05, 0.1) is 10.9 Å². The molecule has 1 aliphatic carbocycles. The fraction of sp³-hybridized carbons (Fsp3) is 0.462. The van der Waals surface area contributed by atoms with Crippen LogP contribution in [0.15, 0.2) is 18.5 Å². The summed E-state index contributed by atoms with van der Waals surface area (Å²) in [6.45, 7) is 0. The highest BCUT2D eigenvalue weighted by Gasteiger charge is 2.19. The Bertz CT molecular complexity index is 557. The highest BCUT2D eigenvalue weighted by molar-refractivity contribution is 6.04. The molecule has 2 aromatic rings. The zero-order chi connectivity index (χ0) is 12.4. The lowest BCUT2D eigenvalue weighted by Crippen LogP contribution is -2.36. The molecule has 0 aromatic carbocycles. The highest BCUT2D eigenvalue weighted by atomic mass is 16.2. The molecule has 5 heteroatoms. The van der Waals surface area contributed by atoms with Gasteiger partial charge in [0.2, 0.25) is 0 Å². The number of rotatable bonds is 2. The molecule has 2 aromatic heterocycles. The summed E-state index contributed by atoms with van der Waals surface area (Å²) in [5.41, 5.74) is 1.29. The van der Waals surface area contributed by atoms with E-state index in [4.69, 9.17) is 0 Å². The summed E-state index contributed by atoms with van der Waals surface area (Å²) in [5.74, 6) is -0.0962. The van der Waals surface area contributed by atoms with Crippen molar-refractivity contribution < 1.29 is 4.79 Å². The predicted octanol–water partition coefficient (Wildman–Crippen LogP) is 2.02. The number of carbonyl (C=O) groups is 1. The first-order valence-electron chi connectivity index (χ1n) is 6.43. The molecular formula is C13H16N4O. The fourth-order valence-corrected chi connectivity index (χ4v) is 2.53. The number of hydrogen-bond acceptors (Lipinski definition) is 3. The number of nitrogens with one attached hydrogen (secondary N) is 2. The Morgan fingerprint density at radius 3 is 3.00 bits per heavy atom. The molecule has 0 spiro atoms. The molecule has 0 radical (unpaired) electrons. The van der Waals surface area contributed by atoms with E-state index in [0.29, 0.717) is 11.7 Å². The Balaban J connectivity index is 1.79. The minimum atomic E-state index is -0.0962. The molecular weight excluding hydrogens is 228 g/mol. The van der Waals surface area contributed by atoms with Crippen LogP contribution in [-0.2, 0) is 0 Å². The second kappa shape index (κ2) is 4.76. The molecule has 3 rings (SSSR count). The normalized spacial score (nSPS) is 16.9. The van der Waals surface area contributed by atoms with Gasteiger partial charge in [0.25, 0.3) is 5.91 Å². The predicted molar refractivity (Wildman–Crippen MR) is 68.2 cm³/mol. The van der Waals surface area contributed by atoms with Gasteiger partial charge in [0.15, 0.2) is 5.69 Å². The summed E-state index contributed by atoms with van der Waals surface area (Å²) in [4.78, 5) is 16.2. The molecule has 0 unspecified atom stereocenters. The van der Waals surface area contributed by atoms with Crippen molar-refractivity contribution in [2.24, 2.45) is 0 Å². The Kier molecular flexibility index (Phi) is 2.96. The lowest BCUT2D eigenvalue weighted by Gasteiger charge is -2.22. The van der Waals surface area contributed by atoms with Gasteiger partial charge >= 0.3 is 0 Å². The average molecular weight is 244 g/mol. The first-order chi connectivity index (χ1) is 8.84. The van der Waals surface area contributed by atoms with E-state index in [1.807, 2.05) is 6.07 Å². The van der Waals surface area contributed by atoms with Crippen molar-refractivity contribution in [3.63, 3.8) is 0 Å². The van der Waals surface area contributed by atoms with Crippen LogP contribution in [0.5, 0.6) is 0 Å². The molecule has 0 atom stereocenters. The largest absolute Gasteiger partial charge is 0.348 e. The first-order valence-corrected chi connectivity index (χ1v) is 6.43. The minimum Gasteiger partial charge on any atom is -0.348 e. The van der Waals surface area contributed by atoms with Gasteiger partial charge in [-0.25, -0.2) is 0 Å². The summed E-state index contributed by atoms with van der Waals surface area (Å²) in [6.07, 6.45) is 9.19. The topological polar surface area (TPSA) is 70.7 Å². The number of nitrogens with zero attached hydrogens (tertiary/aromatic N) is 2. The fourth-order valence-electron chi connectivity index (χ4n) is 2.53. The Morgan fingerprint density at radius 2 is 2.17 bits per heavy atom. The standard InChI is InChI=1S/C13H16N4O/c18-13(15-9-4-2-1-3-5-9)12-10-8-14-7-6-11(10)16-17-12/h6-9H,1-5H2,(H,15,18)(H,16,17). The number of aromatic nitrogens is 3. The van der Waals surface area contributed by atoms with Crippen LogP contribution in [0.1, 0.15) is 42.6 Å². The second-order valence-electron chi connectivity index (χ2n) is 4.80. The first kappa shape index (κ1) is 11.2. The maximum absolute atomic E-state index is 12.2. The van der Waals surface area contributed by atoms with Crippen LogP contribution in [0.2, 0.25) is 0 Å². The van der Waals surface area contributed by atoms with Crippen molar-refractivity contribution >= 4 is 16.8 Å². The van der Waals surface area contributed by atoms with E-state index in [2.05, 4.69) is 20.5 Å². The monoisotopic (exact) mass is 244 g/mol. The van der Waals surface area contributed by atoms with Crippen molar-refractivity contribution in [3.05, 3.63) is 24.2 Å². The Labute approximate surface area is 105 Å². The van der Waals surface area contributed by atoms with Crippen molar-refractivity contribution in [1.29, 1.82) is 0 Å². The molecule has 2 N–H and O–H groups in total. The summed E-state index contributed by atoms with van der Waals surface area (Å²) >= 11 is 0. The Hall–Kier alpha value is -1.91. The third kappa shape index (κ3) is 2.08. The Morgan fingerprint density at radius 1 is 1.33 bits per heavy atom. The summed E-state index contributed by atoms with van der Waals surface area (Å²) in [6, 6.07) is 2.12. The SMILES string of the molecule is O=C(NC1CCCCC1)c1n[nH]c2ccncc12. The smallest absolute Gasteiger partial charge is 0.272 e. The summed E-state index contributed by atoms with van der Waals surface area (Å²) in [5, 5.41) is 10.8. The van der Waals surface area contributed by atoms with Crippen molar-refractivity contribution in [2.45, 2.75) is 38.1 Å². The number of H-pyrrole nitrogens is 1. The molecule has 0 bridgehead atoms. The second-order valence-corrected chi connectivity index (χ2v) is 4.80. The van der Waals surface area contributed by atoms with Gasteiger partial charge in [-0.3, -0.25) is 14.9 Å². The number of aromatic amines is 1. The lowest BCUT2D eigenvalue weighted by molar-refractivity contribution is 0.0924. The van der Waals surface area contributed by atoms with Crippen molar-refractivity contribution in [2.75, 3.05) is 0 Å². The molecule has 1 amide bonds. The van der Waals surface area contributed by atoms with Gasteiger partial charge in [-0.2, -0.15) is 5.10 Å². The molecule has 18 heavy (non-hydrogen) atoms. The maximum Gasteiger partial charge on any atom is 0.272 e. The van der Waals surface area contributed by atoms with Gasteiger partial charge in [-0.1, -0.05) is 19.3 Å². The lowest BCUT2D eigenvalue weighted by atomic mass is 9.95. The number of amides is 1. The van der Waals surface area contributed by atoms with E-state index in [-0.39, 0.29) is 5.91 Å². The maximum atomic E-state index is 12.2. The summed E-state index contributed by atoms with van der Waals surface area (Å²) < 4.78 is 0. The molecule has 0 aliphatic heterocycles. The van der Waals surface area contributed by atoms with Crippen molar-refractivity contribution in [3.8, 4) is 0 Å². The van der Waals surface area contributed by atoms with Crippen LogP contribution in [0, 0.1) is 0 Å². The molecule has 0 saturated heterocycles. The number of carbonyl (C=O) groups excluding carboxylic acids is 1. The molecule has 5 nitrogen and oxygen atoms in total. The van der Waals surface area contributed by atoms with Gasteiger partial charge in [0, 0.05) is 18.4 Å². The third-order valence-corrected chi connectivity index (χ3v) is 3.52. The average Bonchev–Trinajstić information content (AvgIpc) is 2.84. The van der Waals surface area contributed by atoms with E-state index < -0.39 is 0 Å². The highest BCUT2D eigenvalue weighted by Crippen LogP contribution is 2.19. The van der Waals surface area contributed by atoms with Crippen LogP contribution in [0.4, 0.5) is 0 Å². The van der Waals surface area contributed by atoms with Crippen molar-refractivity contribution in [1.82, 2.24) is 20.5 Å². The van der Waals surface area contributed by atoms with Crippen LogP contribution in [0.25, 0.3) is 10.9 Å². The van der Waals surface area contributed by atoms with E-state index in [1.54, 1.807) is 12.4 Å². The van der Waals surface area contributed by atoms with Gasteiger partial charge in [0.1, 0.15) is 0 Å².